The molecule has 0 saturated carbocycles. The van der Waals surface area contributed by atoms with Crippen LogP contribution in [0.5, 0.6) is 0 Å². The predicted molar refractivity (Wildman–Crippen MR) is 99.2 cm³/mol. The van der Waals surface area contributed by atoms with Gasteiger partial charge in [-0.1, -0.05) is 0 Å². The largest absolute Gasteiger partial charge is 0.368 e. The Morgan fingerprint density at radius 3 is 2.96 bits per heavy atom. The Hall–Kier alpha value is -2.68. The third-order valence-electron chi connectivity index (χ3n) is 4.94. The van der Waals surface area contributed by atoms with E-state index in [4.69, 9.17) is 4.74 Å². The fraction of sp³-hybridized carbons (Fsp3) is 0.556. The number of carbonyl (C=O) groups excluding carboxylic acids is 1. The highest BCUT2D eigenvalue weighted by Gasteiger charge is 2.27. The van der Waals surface area contributed by atoms with Crippen molar-refractivity contribution in [3.05, 3.63) is 35.9 Å². The number of ether oxygens (including phenoxy) is 1. The molecule has 0 radical (unpaired) electrons. The first-order chi connectivity index (χ1) is 13.2. The van der Waals surface area contributed by atoms with Crippen LogP contribution in [0, 0.1) is 0 Å². The van der Waals surface area contributed by atoms with Crippen LogP contribution in [0.3, 0.4) is 0 Å². The zero-order valence-corrected chi connectivity index (χ0v) is 15.5. The van der Waals surface area contributed by atoms with Crippen molar-refractivity contribution in [2.24, 2.45) is 7.05 Å². The van der Waals surface area contributed by atoms with Crippen LogP contribution in [0.4, 0.5) is 10.7 Å². The van der Waals surface area contributed by atoms with Gasteiger partial charge in [0.1, 0.15) is 6.10 Å². The maximum absolute atomic E-state index is 12.5. The summed E-state index contributed by atoms with van der Waals surface area (Å²) in [7, 11) is 1.86. The minimum Gasteiger partial charge on any atom is -0.368 e. The number of rotatable bonds is 4. The second-order valence-corrected chi connectivity index (χ2v) is 6.96. The number of aromatic nitrogens is 4. The second-order valence-electron chi connectivity index (χ2n) is 6.96. The molecule has 9 nitrogen and oxygen atoms in total. The van der Waals surface area contributed by atoms with E-state index in [1.165, 1.54) is 12.8 Å². The summed E-state index contributed by atoms with van der Waals surface area (Å²) >= 11 is 0. The lowest BCUT2D eigenvalue weighted by atomic mass is 10.2. The van der Waals surface area contributed by atoms with Crippen LogP contribution in [0.2, 0.25) is 0 Å². The fourth-order valence-corrected chi connectivity index (χ4v) is 3.48. The van der Waals surface area contributed by atoms with Gasteiger partial charge in [0.2, 0.25) is 5.95 Å². The molecule has 2 amide bonds. The van der Waals surface area contributed by atoms with Crippen LogP contribution in [0.25, 0.3) is 0 Å². The van der Waals surface area contributed by atoms with Crippen LogP contribution in [-0.4, -0.2) is 63.5 Å². The number of carbonyl (C=O) groups is 1. The molecule has 9 heteroatoms. The summed E-state index contributed by atoms with van der Waals surface area (Å²) in [6, 6.07) is 1.78. The zero-order chi connectivity index (χ0) is 18.6. The molecule has 0 spiro atoms. The normalized spacial score (nSPS) is 20.1. The molecule has 4 rings (SSSR count). The average molecular weight is 371 g/mol. The third kappa shape index (κ3) is 4.19. The molecule has 0 bridgehead atoms. The third-order valence-corrected chi connectivity index (χ3v) is 4.94. The Morgan fingerprint density at radius 1 is 1.33 bits per heavy atom. The van der Waals surface area contributed by atoms with Crippen LogP contribution < -0.4 is 10.2 Å². The summed E-state index contributed by atoms with van der Waals surface area (Å²) in [6.07, 6.45) is 7.55. The van der Waals surface area contributed by atoms with Gasteiger partial charge in [-0.05, 0) is 18.9 Å². The van der Waals surface area contributed by atoms with E-state index in [2.05, 4.69) is 25.3 Å². The molecule has 0 unspecified atom stereocenters. The van der Waals surface area contributed by atoms with Crippen LogP contribution in [0.15, 0.2) is 24.7 Å². The van der Waals surface area contributed by atoms with Gasteiger partial charge >= 0.3 is 6.03 Å². The van der Waals surface area contributed by atoms with Crippen molar-refractivity contribution in [1.29, 1.82) is 0 Å². The van der Waals surface area contributed by atoms with E-state index in [0.29, 0.717) is 26.2 Å². The molecule has 2 saturated heterocycles. The molecular formula is C18H25N7O2. The van der Waals surface area contributed by atoms with Gasteiger partial charge in [-0.15, -0.1) is 0 Å². The fourth-order valence-electron chi connectivity index (χ4n) is 3.48. The number of hydrogen-bond donors (Lipinski definition) is 1. The first-order valence-corrected chi connectivity index (χ1v) is 9.39. The minimum atomic E-state index is -0.229. The molecule has 144 valence electrons. The van der Waals surface area contributed by atoms with Crippen molar-refractivity contribution >= 4 is 12.0 Å². The number of nitrogens with zero attached hydrogens (tertiary/aromatic N) is 6. The van der Waals surface area contributed by atoms with Gasteiger partial charge in [0.15, 0.2) is 0 Å². The number of anilines is 1. The minimum absolute atomic E-state index is 0.0963. The topological polar surface area (TPSA) is 88.4 Å². The van der Waals surface area contributed by atoms with E-state index in [1.54, 1.807) is 22.0 Å². The van der Waals surface area contributed by atoms with Crippen LogP contribution in [-0.2, 0) is 18.3 Å². The molecular weight excluding hydrogens is 346 g/mol. The summed E-state index contributed by atoms with van der Waals surface area (Å²) in [4.78, 5) is 25.6. The highest BCUT2D eigenvalue weighted by molar-refractivity contribution is 5.74. The maximum atomic E-state index is 12.5. The molecule has 0 aliphatic carbocycles. The Morgan fingerprint density at radius 2 is 2.19 bits per heavy atom. The number of morpholine rings is 1. The van der Waals surface area contributed by atoms with Gasteiger partial charge in [0, 0.05) is 51.2 Å². The van der Waals surface area contributed by atoms with E-state index in [-0.39, 0.29) is 12.1 Å². The summed E-state index contributed by atoms with van der Waals surface area (Å²) in [5.74, 6) is 0.756. The number of hydrogen-bond acceptors (Lipinski definition) is 6. The Balaban J connectivity index is 1.37. The summed E-state index contributed by atoms with van der Waals surface area (Å²) in [6.45, 7) is 4.00. The quantitative estimate of drug-likeness (QED) is 0.866. The van der Waals surface area contributed by atoms with Crippen molar-refractivity contribution in [2.45, 2.75) is 25.5 Å². The highest BCUT2D eigenvalue weighted by atomic mass is 16.5. The van der Waals surface area contributed by atoms with E-state index >= 15 is 0 Å². The lowest BCUT2D eigenvalue weighted by molar-refractivity contribution is -0.0176. The molecule has 2 aliphatic rings. The lowest BCUT2D eigenvalue weighted by Gasteiger charge is -2.32. The predicted octanol–water partition coefficient (Wildman–Crippen LogP) is 1.09. The molecule has 1 atom stereocenters. The molecule has 2 fully saturated rings. The van der Waals surface area contributed by atoms with Crippen molar-refractivity contribution in [2.75, 3.05) is 37.7 Å². The molecule has 0 aromatic carbocycles. The van der Waals surface area contributed by atoms with Crippen molar-refractivity contribution in [1.82, 2.24) is 30.0 Å². The van der Waals surface area contributed by atoms with Crippen LogP contribution in [0.1, 0.15) is 30.2 Å². The number of urea groups is 1. The van der Waals surface area contributed by atoms with E-state index < -0.39 is 0 Å². The highest BCUT2D eigenvalue weighted by Crippen LogP contribution is 2.23. The Bertz CT molecular complexity index is 788. The maximum Gasteiger partial charge on any atom is 0.317 e. The molecule has 2 aromatic rings. The van der Waals surface area contributed by atoms with Gasteiger partial charge in [0.05, 0.1) is 25.0 Å². The number of amides is 2. The number of aryl methyl sites for hydroxylation is 1. The molecule has 4 heterocycles. The van der Waals surface area contributed by atoms with Gasteiger partial charge in [-0.2, -0.15) is 5.10 Å². The molecule has 1 N–H and O–H groups in total. The van der Waals surface area contributed by atoms with Gasteiger partial charge < -0.3 is 19.9 Å². The van der Waals surface area contributed by atoms with Gasteiger partial charge in [0.25, 0.3) is 0 Å². The lowest BCUT2D eigenvalue weighted by Crippen LogP contribution is -2.47. The summed E-state index contributed by atoms with van der Waals surface area (Å²) < 4.78 is 7.61. The van der Waals surface area contributed by atoms with E-state index in [9.17, 15) is 4.79 Å². The van der Waals surface area contributed by atoms with Gasteiger partial charge in [-0.25, -0.2) is 14.8 Å². The first-order valence-electron chi connectivity index (χ1n) is 9.39. The standard InChI is InChI=1S/C18H25N7O2/c1-23-12-14(11-21-23)10-20-18(26)25-8-9-27-16(13-25)15-4-5-19-17(22-15)24-6-2-3-7-24/h4-5,11-12,16H,2-3,6-10,13H2,1H3,(H,20,26)/t16-/m0/s1. The van der Waals surface area contributed by atoms with Crippen LogP contribution >= 0.6 is 0 Å². The van der Waals surface area contributed by atoms with Crippen molar-refractivity contribution in [3.8, 4) is 0 Å². The average Bonchev–Trinajstić information content (AvgIpc) is 3.38. The van der Waals surface area contributed by atoms with Crippen molar-refractivity contribution < 1.29 is 9.53 Å². The monoisotopic (exact) mass is 371 g/mol. The number of nitrogens with one attached hydrogen (secondary N) is 1. The first kappa shape index (κ1) is 17.7. The smallest absolute Gasteiger partial charge is 0.317 e. The van der Waals surface area contributed by atoms with Crippen molar-refractivity contribution in [3.63, 3.8) is 0 Å². The summed E-state index contributed by atoms with van der Waals surface area (Å²) in [5, 5.41) is 7.06. The molecule has 27 heavy (non-hydrogen) atoms. The second kappa shape index (κ2) is 7.91. The molecule has 2 aromatic heterocycles. The Kier molecular flexibility index (Phi) is 5.19. The zero-order valence-electron chi connectivity index (χ0n) is 15.5. The Labute approximate surface area is 158 Å². The van der Waals surface area contributed by atoms with E-state index in [0.717, 1.165) is 30.3 Å². The van der Waals surface area contributed by atoms with Gasteiger partial charge in [-0.3, -0.25) is 4.68 Å². The SMILES string of the molecule is Cn1cc(CNC(=O)N2CCO[C@H](c3ccnc(N4CCCC4)n3)C2)cn1. The molecule has 2 aliphatic heterocycles. The summed E-state index contributed by atoms with van der Waals surface area (Å²) in [5.41, 5.74) is 1.80. The van der Waals surface area contributed by atoms with E-state index in [1.807, 2.05) is 19.3 Å².